The molecule has 0 aromatic heterocycles. The summed E-state index contributed by atoms with van der Waals surface area (Å²) in [7, 11) is 1.89. The molecular weight excluding hydrogens is 268 g/mol. The van der Waals surface area contributed by atoms with Crippen molar-refractivity contribution < 1.29 is 14.3 Å². The third-order valence-electron chi connectivity index (χ3n) is 2.78. The van der Waals surface area contributed by atoms with Gasteiger partial charge < -0.3 is 20.1 Å². The molecular formula is C16H24N2O3. The van der Waals surface area contributed by atoms with Gasteiger partial charge in [-0.2, -0.15) is 0 Å². The monoisotopic (exact) mass is 292 g/mol. The highest BCUT2D eigenvalue weighted by molar-refractivity contribution is 5.80. The normalized spacial score (nSPS) is 11.6. The van der Waals surface area contributed by atoms with Crippen LogP contribution in [0.5, 0.6) is 11.5 Å². The van der Waals surface area contributed by atoms with Gasteiger partial charge in [0.1, 0.15) is 0 Å². The van der Waals surface area contributed by atoms with Crippen molar-refractivity contribution in [3.8, 4) is 11.5 Å². The van der Waals surface area contributed by atoms with Gasteiger partial charge in [0.2, 0.25) is 0 Å². The molecule has 1 atom stereocenters. The SMILES string of the molecule is C=CCNC(=O)C(C)Oc1ccc(CNC)cc1OCC. The Morgan fingerprint density at radius 3 is 2.81 bits per heavy atom. The first-order valence-electron chi connectivity index (χ1n) is 7.08. The second-order valence-corrected chi connectivity index (χ2v) is 4.54. The van der Waals surface area contributed by atoms with Crippen molar-refractivity contribution in [2.75, 3.05) is 20.2 Å². The van der Waals surface area contributed by atoms with E-state index in [1.807, 2.05) is 32.2 Å². The number of amides is 1. The minimum atomic E-state index is -0.598. The van der Waals surface area contributed by atoms with Gasteiger partial charge >= 0.3 is 0 Å². The van der Waals surface area contributed by atoms with E-state index in [1.165, 1.54) is 0 Å². The molecule has 1 amide bonds. The molecule has 21 heavy (non-hydrogen) atoms. The molecule has 0 spiro atoms. The fraction of sp³-hybridized carbons (Fsp3) is 0.438. The van der Waals surface area contributed by atoms with Gasteiger partial charge in [-0.3, -0.25) is 4.79 Å². The minimum Gasteiger partial charge on any atom is -0.490 e. The molecule has 1 rings (SSSR count). The molecule has 116 valence electrons. The van der Waals surface area contributed by atoms with Crippen molar-refractivity contribution >= 4 is 5.91 Å². The second kappa shape index (κ2) is 9.02. The van der Waals surface area contributed by atoms with Crippen molar-refractivity contribution in [2.24, 2.45) is 0 Å². The van der Waals surface area contributed by atoms with E-state index < -0.39 is 6.10 Å². The summed E-state index contributed by atoms with van der Waals surface area (Å²) in [4.78, 5) is 11.8. The van der Waals surface area contributed by atoms with Crippen molar-refractivity contribution in [3.63, 3.8) is 0 Å². The van der Waals surface area contributed by atoms with Crippen LogP contribution < -0.4 is 20.1 Å². The predicted octanol–water partition coefficient (Wildman–Crippen LogP) is 1.87. The Bertz CT molecular complexity index is 475. The van der Waals surface area contributed by atoms with Crippen LogP contribution in [0.25, 0.3) is 0 Å². The Morgan fingerprint density at radius 2 is 2.19 bits per heavy atom. The number of carbonyl (C=O) groups excluding carboxylic acids is 1. The van der Waals surface area contributed by atoms with E-state index in [9.17, 15) is 4.79 Å². The molecule has 0 aliphatic heterocycles. The van der Waals surface area contributed by atoms with Crippen LogP contribution in [0.2, 0.25) is 0 Å². The van der Waals surface area contributed by atoms with Gasteiger partial charge in [0.05, 0.1) is 6.61 Å². The van der Waals surface area contributed by atoms with E-state index in [4.69, 9.17) is 9.47 Å². The Labute approximate surface area is 126 Å². The van der Waals surface area contributed by atoms with E-state index >= 15 is 0 Å². The van der Waals surface area contributed by atoms with Gasteiger partial charge in [0, 0.05) is 13.1 Å². The largest absolute Gasteiger partial charge is 0.490 e. The van der Waals surface area contributed by atoms with Crippen LogP contribution in [0.1, 0.15) is 19.4 Å². The van der Waals surface area contributed by atoms with Crippen molar-refractivity contribution in [2.45, 2.75) is 26.5 Å². The molecule has 5 nitrogen and oxygen atoms in total. The van der Waals surface area contributed by atoms with Crippen LogP contribution in [0.4, 0.5) is 0 Å². The number of benzene rings is 1. The average Bonchev–Trinajstić information content (AvgIpc) is 2.47. The van der Waals surface area contributed by atoms with E-state index in [-0.39, 0.29) is 5.91 Å². The lowest BCUT2D eigenvalue weighted by Gasteiger charge is -2.17. The van der Waals surface area contributed by atoms with Crippen molar-refractivity contribution in [3.05, 3.63) is 36.4 Å². The third kappa shape index (κ3) is 5.47. The Morgan fingerprint density at radius 1 is 1.43 bits per heavy atom. The van der Waals surface area contributed by atoms with Crippen LogP contribution in [0.3, 0.4) is 0 Å². The maximum absolute atomic E-state index is 11.8. The van der Waals surface area contributed by atoms with E-state index in [2.05, 4.69) is 17.2 Å². The summed E-state index contributed by atoms with van der Waals surface area (Å²) in [5.74, 6) is 1.03. The first-order chi connectivity index (χ1) is 10.1. The molecule has 0 aliphatic carbocycles. The standard InChI is InChI=1S/C16H24N2O3/c1-5-9-18-16(19)12(3)21-14-8-7-13(11-17-4)10-15(14)20-6-2/h5,7-8,10,12,17H,1,6,9,11H2,2-4H3,(H,18,19). The summed E-state index contributed by atoms with van der Waals surface area (Å²) in [5.41, 5.74) is 1.09. The summed E-state index contributed by atoms with van der Waals surface area (Å²) < 4.78 is 11.3. The topological polar surface area (TPSA) is 59.6 Å². The van der Waals surface area contributed by atoms with Gasteiger partial charge in [-0.05, 0) is 38.6 Å². The fourth-order valence-corrected chi connectivity index (χ4v) is 1.79. The van der Waals surface area contributed by atoms with Crippen molar-refractivity contribution in [1.29, 1.82) is 0 Å². The van der Waals surface area contributed by atoms with Gasteiger partial charge in [0.15, 0.2) is 17.6 Å². The van der Waals surface area contributed by atoms with E-state index in [1.54, 1.807) is 13.0 Å². The lowest BCUT2D eigenvalue weighted by molar-refractivity contribution is -0.127. The Balaban J connectivity index is 2.80. The fourth-order valence-electron chi connectivity index (χ4n) is 1.79. The van der Waals surface area contributed by atoms with Crippen LogP contribution in [0, 0.1) is 0 Å². The number of carbonyl (C=O) groups is 1. The highest BCUT2D eigenvalue weighted by atomic mass is 16.5. The number of ether oxygens (including phenoxy) is 2. The molecule has 0 saturated carbocycles. The summed E-state index contributed by atoms with van der Waals surface area (Å²) >= 11 is 0. The van der Waals surface area contributed by atoms with Gasteiger partial charge in [-0.15, -0.1) is 6.58 Å². The third-order valence-corrected chi connectivity index (χ3v) is 2.78. The molecule has 0 bridgehead atoms. The first kappa shape index (κ1) is 17.0. The zero-order chi connectivity index (χ0) is 15.7. The Hall–Kier alpha value is -2.01. The molecule has 0 aliphatic rings. The molecule has 0 fully saturated rings. The summed E-state index contributed by atoms with van der Waals surface area (Å²) in [6.07, 6.45) is 1.03. The molecule has 1 aromatic rings. The smallest absolute Gasteiger partial charge is 0.261 e. The van der Waals surface area contributed by atoms with Gasteiger partial charge in [-0.1, -0.05) is 12.1 Å². The predicted molar refractivity (Wildman–Crippen MR) is 83.7 cm³/mol. The second-order valence-electron chi connectivity index (χ2n) is 4.54. The number of hydrogen-bond acceptors (Lipinski definition) is 4. The summed E-state index contributed by atoms with van der Waals surface area (Å²) in [5, 5.41) is 5.79. The van der Waals surface area contributed by atoms with Gasteiger partial charge in [-0.25, -0.2) is 0 Å². The highest BCUT2D eigenvalue weighted by Gasteiger charge is 2.16. The molecule has 0 heterocycles. The summed E-state index contributed by atoms with van der Waals surface area (Å²) in [6.45, 7) is 8.88. The Kier molecular flexibility index (Phi) is 7.32. The van der Waals surface area contributed by atoms with Crippen LogP contribution in [0.15, 0.2) is 30.9 Å². The van der Waals surface area contributed by atoms with Gasteiger partial charge in [0.25, 0.3) is 5.91 Å². The highest BCUT2D eigenvalue weighted by Crippen LogP contribution is 2.29. The van der Waals surface area contributed by atoms with Crippen LogP contribution >= 0.6 is 0 Å². The lowest BCUT2D eigenvalue weighted by atomic mass is 10.2. The molecule has 1 unspecified atom stereocenters. The molecule has 0 saturated heterocycles. The average molecular weight is 292 g/mol. The number of hydrogen-bond donors (Lipinski definition) is 2. The number of rotatable bonds is 9. The van der Waals surface area contributed by atoms with E-state index in [0.29, 0.717) is 24.7 Å². The lowest BCUT2D eigenvalue weighted by Crippen LogP contribution is -2.36. The zero-order valence-corrected chi connectivity index (χ0v) is 12.9. The first-order valence-corrected chi connectivity index (χ1v) is 7.08. The van der Waals surface area contributed by atoms with Crippen molar-refractivity contribution in [1.82, 2.24) is 10.6 Å². The number of nitrogens with one attached hydrogen (secondary N) is 2. The molecule has 2 N–H and O–H groups in total. The van der Waals surface area contributed by atoms with E-state index in [0.717, 1.165) is 12.1 Å². The zero-order valence-electron chi connectivity index (χ0n) is 12.9. The molecule has 5 heteroatoms. The minimum absolute atomic E-state index is 0.184. The van der Waals surface area contributed by atoms with Crippen LogP contribution in [-0.2, 0) is 11.3 Å². The molecule has 1 aromatic carbocycles. The molecule has 0 radical (unpaired) electrons. The summed E-state index contributed by atoms with van der Waals surface area (Å²) in [6, 6.07) is 5.70. The maximum Gasteiger partial charge on any atom is 0.261 e. The quantitative estimate of drug-likeness (QED) is 0.682. The maximum atomic E-state index is 11.8. The van der Waals surface area contributed by atoms with Crippen LogP contribution in [-0.4, -0.2) is 32.2 Å².